The van der Waals surface area contributed by atoms with Gasteiger partial charge in [-0.05, 0) is 50.4 Å². The second-order valence-electron chi connectivity index (χ2n) is 5.23. The number of hydrogen-bond donors (Lipinski definition) is 2. The van der Waals surface area contributed by atoms with Crippen LogP contribution in [-0.4, -0.2) is 42.6 Å². The predicted octanol–water partition coefficient (Wildman–Crippen LogP) is 1.85. The molecule has 4 nitrogen and oxygen atoms in total. The van der Waals surface area contributed by atoms with Crippen LogP contribution in [0.25, 0.3) is 0 Å². The first-order chi connectivity index (χ1) is 9.18. The Morgan fingerprint density at radius 1 is 1.37 bits per heavy atom. The fourth-order valence-corrected chi connectivity index (χ4v) is 2.51. The number of aromatic hydroxyl groups is 1. The summed E-state index contributed by atoms with van der Waals surface area (Å²) in [6, 6.07) is 6.71. The highest BCUT2D eigenvalue weighted by Gasteiger charge is 2.18. The van der Waals surface area contributed by atoms with E-state index in [9.17, 15) is 9.90 Å². The van der Waals surface area contributed by atoms with Gasteiger partial charge in [0.05, 0.1) is 5.56 Å². The molecule has 2 N–H and O–H groups in total. The number of para-hydroxylation sites is 1. The number of phenols is 1. The van der Waals surface area contributed by atoms with Gasteiger partial charge in [-0.1, -0.05) is 12.1 Å². The molecule has 19 heavy (non-hydrogen) atoms. The van der Waals surface area contributed by atoms with E-state index < -0.39 is 0 Å². The minimum atomic E-state index is -0.105. The number of carbonyl (C=O) groups is 1. The van der Waals surface area contributed by atoms with Gasteiger partial charge in [-0.3, -0.25) is 4.79 Å². The number of nitrogens with one attached hydrogen (secondary N) is 1. The van der Waals surface area contributed by atoms with E-state index in [0.29, 0.717) is 11.5 Å². The summed E-state index contributed by atoms with van der Waals surface area (Å²) in [5.74, 6) is 0.661. The summed E-state index contributed by atoms with van der Waals surface area (Å²) in [6.07, 6.45) is 3.43. The highest BCUT2D eigenvalue weighted by atomic mass is 16.3. The zero-order valence-corrected chi connectivity index (χ0v) is 11.4. The van der Waals surface area contributed by atoms with Crippen molar-refractivity contribution >= 4 is 5.91 Å². The second kappa shape index (κ2) is 6.57. The molecule has 0 aromatic heterocycles. The van der Waals surface area contributed by atoms with Crippen molar-refractivity contribution in [3.05, 3.63) is 29.8 Å². The third-order valence-electron chi connectivity index (χ3n) is 3.81. The largest absolute Gasteiger partial charge is 0.507 e. The number of phenolic OH excluding ortho intramolecular Hbond substituents is 1. The van der Waals surface area contributed by atoms with Crippen LogP contribution in [-0.2, 0) is 0 Å². The highest BCUT2D eigenvalue weighted by Crippen LogP contribution is 2.19. The maximum absolute atomic E-state index is 12.2. The van der Waals surface area contributed by atoms with Crippen LogP contribution in [0.15, 0.2) is 24.3 Å². The first-order valence-electron chi connectivity index (χ1n) is 6.92. The number of hydrogen-bond acceptors (Lipinski definition) is 3. The van der Waals surface area contributed by atoms with Gasteiger partial charge in [0.2, 0.25) is 0 Å². The van der Waals surface area contributed by atoms with Crippen molar-refractivity contribution in [2.45, 2.75) is 19.3 Å². The molecule has 0 saturated carbocycles. The van der Waals surface area contributed by atoms with Gasteiger partial charge in [0.15, 0.2) is 0 Å². The Labute approximate surface area is 114 Å². The summed E-state index contributed by atoms with van der Waals surface area (Å²) < 4.78 is 0. The van der Waals surface area contributed by atoms with Crippen LogP contribution in [0, 0.1) is 5.92 Å². The van der Waals surface area contributed by atoms with Gasteiger partial charge in [0, 0.05) is 13.6 Å². The fraction of sp³-hybridized carbons (Fsp3) is 0.533. The molecule has 1 heterocycles. The maximum atomic E-state index is 12.2. The lowest BCUT2D eigenvalue weighted by Gasteiger charge is -2.25. The van der Waals surface area contributed by atoms with E-state index in [1.807, 2.05) is 0 Å². The van der Waals surface area contributed by atoms with Gasteiger partial charge >= 0.3 is 0 Å². The molecule has 4 heteroatoms. The number of amides is 1. The SMILES string of the molecule is CN(CCC1CCNCC1)C(=O)c1ccccc1O. The fourth-order valence-electron chi connectivity index (χ4n) is 2.51. The zero-order valence-electron chi connectivity index (χ0n) is 11.4. The summed E-state index contributed by atoms with van der Waals surface area (Å²) in [6.45, 7) is 2.92. The van der Waals surface area contributed by atoms with Crippen molar-refractivity contribution in [2.75, 3.05) is 26.7 Å². The van der Waals surface area contributed by atoms with Crippen LogP contribution >= 0.6 is 0 Å². The average Bonchev–Trinajstić information content (AvgIpc) is 2.45. The Morgan fingerprint density at radius 3 is 2.74 bits per heavy atom. The molecule has 1 aliphatic heterocycles. The molecule has 0 aliphatic carbocycles. The molecule has 1 amide bonds. The minimum absolute atomic E-state index is 0.0567. The van der Waals surface area contributed by atoms with Crippen molar-refractivity contribution < 1.29 is 9.90 Å². The molecule has 0 unspecified atom stereocenters. The quantitative estimate of drug-likeness (QED) is 0.870. The van der Waals surface area contributed by atoms with E-state index in [2.05, 4.69) is 5.32 Å². The zero-order chi connectivity index (χ0) is 13.7. The second-order valence-corrected chi connectivity index (χ2v) is 5.23. The van der Waals surface area contributed by atoms with Crippen molar-refractivity contribution in [3.8, 4) is 5.75 Å². The summed E-state index contributed by atoms with van der Waals surface area (Å²) in [4.78, 5) is 13.9. The monoisotopic (exact) mass is 262 g/mol. The maximum Gasteiger partial charge on any atom is 0.257 e. The highest BCUT2D eigenvalue weighted by molar-refractivity contribution is 5.96. The van der Waals surface area contributed by atoms with Gasteiger partial charge in [-0.2, -0.15) is 0 Å². The Balaban J connectivity index is 1.87. The summed E-state index contributed by atoms with van der Waals surface area (Å²) >= 11 is 0. The molecule has 1 aromatic rings. The average molecular weight is 262 g/mol. The van der Waals surface area contributed by atoms with E-state index in [4.69, 9.17) is 0 Å². The smallest absolute Gasteiger partial charge is 0.257 e. The normalized spacial score (nSPS) is 16.3. The third-order valence-corrected chi connectivity index (χ3v) is 3.81. The van der Waals surface area contributed by atoms with Crippen LogP contribution in [0.3, 0.4) is 0 Å². The molecule has 1 aliphatic rings. The van der Waals surface area contributed by atoms with E-state index >= 15 is 0 Å². The van der Waals surface area contributed by atoms with Gasteiger partial charge in [0.25, 0.3) is 5.91 Å². The lowest BCUT2D eigenvalue weighted by molar-refractivity contribution is 0.0781. The number of nitrogens with zero attached hydrogens (tertiary/aromatic N) is 1. The first-order valence-corrected chi connectivity index (χ1v) is 6.92. The Kier molecular flexibility index (Phi) is 4.80. The van der Waals surface area contributed by atoms with Crippen molar-refractivity contribution in [1.82, 2.24) is 10.2 Å². The van der Waals surface area contributed by atoms with Gasteiger partial charge in [0.1, 0.15) is 5.75 Å². The van der Waals surface area contributed by atoms with E-state index in [1.54, 1.807) is 36.2 Å². The van der Waals surface area contributed by atoms with Gasteiger partial charge < -0.3 is 15.3 Å². The van der Waals surface area contributed by atoms with E-state index in [0.717, 1.165) is 26.1 Å². The molecular formula is C15H22N2O2. The lowest BCUT2D eigenvalue weighted by Crippen LogP contribution is -2.32. The lowest BCUT2D eigenvalue weighted by atomic mass is 9.94. The van der Waals surface area contributed by atoms with E-state index in [-0.39, 0.29) is 11.7 Å². The van der Waals surface area contributed by atoms with Crippen LogP contribution < -0.4 is 5.32 Å². The predicted molar refractivity (Wildman–Crippen MR) is 75.3 cm³/mol. The van der Waals surface area contributed by atoms with Crippen LogP contribution in [0.2, 0.25) is 0 Å². The Bertz CT molecular complexity index is 428. The summed E-state index contributed by atoms with van der Waals surface area (Å²) in [5.41, 5.74) is 0.385. The molecule has 104 valence electrons. The topological polar surface area (TPSA) is 52.6 Å². The molecule has 0 atom stereocenters. The van der Waals surface area contributed by atoms with Crippen LogP contribution in [0.1, 0.15) is 29.6 Å². The molecule has 0 bridgehead atoms. The Hall–Kier alpha value is -1.55. The molecule has 0 radical (unpaired) electrons. The molecule has 2 rings (SSSR count). The molecule has 0 spiro atoms. The molecule has 1 saturated heterocycles. The third kappa shape index (κ3) is 3.70. The van der Waals surface area contributed by atoms with Gasteiger partial charge in [-0.15, -0.1) is 0 Å². The molecule has 1 aromatic carbocycles. The number of rotatable bonds is 4. The van der Waals surface area contributed by atoms with Crippen LogP contribution in [0.5, 0.6) is 5.75 Å². The standard InChI is InChI=1S/C15H22N2O2/c1-17(11-8-12-6-9-16-10-7-12)15(19)13-4-2-3-5-14(13)18/h2-5,12,16,18H,6-11H2,1H3. The van der Waals surface area contributed by atoms with Gasteiger partial charge in [-0.25, -0.2) is 0 Å². The van der Waals surface area contributed by atoms with Crippen molar-refractivity contribution in [3.63, 3.8) is 0 Å². The Morgan fingerprint density at radius 2 is 2.05 bits per heavy atom. The number of benzene rings is 1. The van der Waals surface area contributed by atoms with Crippen molar-refractivity contribution in [1.29, 1.82) is 0 Å². The van der Waals surface area contributed by atoms with E-state index in [1.165, 1.54) is 12.8 Å². The van der Waals surface area contributed by atoms with Crippen LogP contribution in [0.4, 0.5) is 0 Å². The molecular weight excluding hydrogens is 240 g/mol. The van der Waals surface area contributed by atoms with Crippen molar-refractivity contribution in [2.24, 2.45) is 5.92 Å². The summed E-state index contributed by atoms with van der Waals surface area (Å²) in [7, 11) is 1.80. The number of piperidine rings is 1. The first kappa shape index (κ1) is 13.9. The summed E-state index contributed by atoms with van der Waals surface area (Å²) in [5, 5.41) is 13.0. The number of carbonyl (C=O) groups excluding carboxylic acids is 1. The minimum Gasteiger partial charge on any atom is -0.507 e. The molecule has 1 fully saturated rings.